The molecule has 0 bridgehead atoms. The fourth-order valence-electron chi connectivity index (χ4n) is 7.98. The molecule has 1 fully saturated rings. The van der Waals surface area contributed by atoms with Crippen molar-refractivity contribution in [2.24, 2.45) is 0 Å². The summed E-state index contributed by atoms with van der Waals surface area (Å²) in [5.74, 6) is -3.19. The van der Waals surface area contributed by atoms with Gasteiger partial charge in [-0.3, -0.25) is 14.4 Å². The van der Waals surface area contributed by atoms with Crippen LogP contribution in [-0.2, 0) is 42.9 Å². The van der Waals surface area contributed by atoms with E-state index >= 15 is 0 Å². The minimum Gasteiger partial charge on any atom is -0.479 e. The Hall–Kier alpha value is -3.84. The van der Waals surface area contributed by atoms with E-state index in [0.717, 1.165) is 103 Å². The van der Waals surface area contributed by atoms with E-state index in [4.69, 9.17) is 23.7 Å². The maximum absolute atomic E-state index is 13.1. The van der Waals surface area contributed by atoms with Crippen LogP contribution < -0.4 is 0 Å². The fourth-order valence-corrected chi connectivity index (χ4v) is 7.98. The Kier molecular flexibility index (Phi) is 43.3. The largest absolute Gasteiger partial charge is 0.479 e. The van der Waals surface area contributed by atoms with Crippen LogP contribution in [0.25, 0.3) is 0 Å². The van der Waals surface area contributed by atoms with E-state index in [1.165, 1.54) is 57.8 Å². The molecular weight excluding hydrogens is 901 g/mol. The Balaban J connectivity index is 2.75. The summed E-state index contributed by atoms with van der Waals surface area (Å²) in [6, 6.07) is 0. The zero-order valence-corrected chi connectivity index (χ0v) is 44.4. The number of carbonyl (C=O) groups is 4. The van der Waals surface area contributed by atoms with E-state index in [1.807, 2.05) is 0 Å². The summed E-state index contributed by atoms with van der Waals surface area (Å²) in [6.07, 6.45) is 45.9. The maximum Gasteiger partial charge on any atom is 0.335 e. The second kappa shape index (κ2) is 47.2. The van der Waals surface area contributed by atoms with Gasteiger partial charge in [0.25, 0.3) is 0 Å². The van der Waals surface area contributed by atoms with E-state index in [0.29, 0.717) is 25.7 Å². The Labute approximate surface area is 429 Å². The van der Waals surface area contributed by atoms with E-state index in [1.54, 1.807) is 0 Å². The van der Waals surface area contributed by atoms with Gasteiger partial charge < -0.3 is 39.0 Å². The fraction of sp³-hybridized carbons (Fsp3) is 0.729. The highest BCUT2D eigenvalue weighted by atomic mass is 16.7. The molecule has 3 N–H and O–H groups in total. The Morgan fingerprint density at radius 3 is 1.44 bits per heavy atom. The Bertz CT molecular complexity index is 1510. The van der Waals surface area contributed by atoms with Gasteiger partial charge in [-0.2, -0.15) is 0 Å². The lowest BCUT2D eigenvalue weighted by molar-refractivity contribution is -0.301. The second-order valence-electron chi connectivity index (χ2n) is 18.8. The molecule has 0 saturated carbocycles. The van der Waals surface area contributed by atoms with Gasteiger partial charge in [-0.15, -0.1) is 0 Å². The Morgan fingerprint density at radius 1 is 0.479 bits per heavy atom. The summed E-state index contributed by atoms with van der Waals surface area (Å²) in [7, 11) is 0. The van der Waals surface area contributed by atoms with E-state index in [-0.39, 0.29) is 25.9 Å². The summed E-state index contributed by atoms with van der Waals surface area (Å²) in [6.45, 7) is 5.77. The number of carboxylic acid groups (broad SMARTS) is 1. The maximum atomic E-state index is 13.1. The number of aliphatic hydroxyl groups is 2. The van der Waals surface area contributed by atoms with Gasteiger partial charge >= 0.3 is 23.9 Å². The minimum absolute atomic E-state index is 0.00586. The quantitative estimate of drug-likeness (QED) is 0.0228. The van der Waals surface area contributed by atoms with E-state index in [2.05, 4.69) is 93.7 Å². The molecule has 0 amide bonds. The standard InChI is InChI=1S/C59H98O12/c1-4-7-10-13-16-19-22-25-26-29-32-35-38-41-44-47-53(62)70-57-55(64)54(63)56(58(65)66)71-59(57)68-49-50(69-52(61)46-43-40-37-34-31-28-24-21-18-15-12-9-6-3)48-67-51(60)45-42-39-36-33-30-27-23-20-17-14-11-8-5-2/h7,10-11,14,16,19-20,23,25-26,32,35,50,54-57,59,63-64H,4-6,8-9,12-13,15,17-18,21-22,24,27-31,33-34,36-49H2,1-3H3,(H,65,66)/b10-7-,14-11-,19-16-,23-20-,26-25-,35-32-. The van der Waals surface area contributed by atoms with Crippen LogP contribution in [0.15, 0.2) is 72.9 Å². The third kappa shape index (κ3) is 37.6. The summed E-state index contributed by atoms with van der Waals surface area (Å²) < 4.78 is 28.3. The molecule has 12 nitrogen and oxygen atoms in total. The van der Waals surface area contributed by atoms with Crippen LogP contribution in [0.4, 0.5) is 0 Å². The smallest absolute Gasteiger partial charge is 0.335 e. The van der Waals surface area contributed by atoms with Crippen LogP contribution in [-0.4, -0.2) is 89.2 Å². The average molecular weight is 999 g/mol. The SMILES string of the molecule is CC/C=C\C/C=C\C/C=C\C/C=C\CCCCC(=O)OC1C(OCC(COC(=O)CCCCCCC/C=C\C/C=C\CCC)OC(=O)CCCCCCCCCCCCCCC)OC(C(=O)O)C(O)C1O. The van der Waals surface area contributed by atoms with Crippen LogP contribution in [0.5, 0.6) is 0 Å². The summed E-state index contributed by atoms with van der Waals surface area (Å²) in [5, 5.41) is 31.4. The molecule has 0 radical (unpaired) electrons. The van der Waals surface area contributed by atoms with Gasteiger partial charge in [0.2, 0.25) is 0 Å². The molecule has 12 heteroatoms. The van der Waals surface area contributed by atoms with Crippen molar-refractivity contribution in [1.82, 2.24) is 0 Å². The van der Waals surface area contributed by atoms with Crippen LogP contribution in [0.3, 0.4) is 0 Å². The summed E-state index contributed by atoms with van der Waals surface area (Å²) >= 11 is 0. The van der Waals surface area contributed by atoms with Crippen molar-refractivity contribution in [2.45, 2.75) is 263 Å². The highest BCUT2D eigenvalue weighted by Gasteiger charge is 2.50. The lowest BCUT2D eigenvalue weighted by Gasteiger charge is -2.40. The predicted molar refractivity (Wildman–Crippen MR) is 285 cm³/mol. The number of esters is 3. The van der Waals surface area contributed by atoms with Gasteiger partial charge in [0, 0.05) is 19.3 Å². The number of aliphatic carboxylic acids is 1. The van der Waals surface area contributed by atoms with Gasteiger partial charge in [0.15, 0.2) is 24.6 Å². The number of aliphatic hydroxyl groups excluding tert-OH is 2. The van der Waals surface area contributed by atoms with Gasteiger partial charge in [-0.05, 0) is 83.5 Å². The van der Waals surface area contributed by atoms with Crippen molar-refractivity contribution < 1.29 is 58.2 Å². The normalized spacial score (nSPS) is 19.0. The number of carboxylic acids is 1. The topological polar surface area (TPSA) is 175 Å². The molecule has 0 aliphatic carbocycles. The molecule has 1 aliphatic rings. The van der Waals surface area contributed by atoms with Crippen LogP contribution in [0.1, 0.15) is 226 Å². The highest BCUT2D eigenvalue weighted by Crippen LogP contribution is 2.26. The number of hydrogen-bond acceptors (Lipinski definition) is 11. The van der Waals surface area contributed by atoms with Crippen molar-refractivity contribution in [3.63, 3.8) is 0 Å². The van der Waals surface area contributed by atoms with Gasteiger partial charge in [-0.25, -0.2) is 4.79 Å². The number of allylic oxidation sites excluding steroid dienone is 12. The van der Waals surface area contributed by atoms with E-state index in [9.17, 15) is 34.5 Å². The van der Waals surface area contributed by atoms with Gasteiger partial charge in [-0.1, -0.05) is 196 Å². The Morgan fingerprint density at radius 2 is 0.915 bits per heavy atom. The van der Waals surface area contributed by atoms with Crippen molar-refractivity contribution in [3.8, 4) is 0 Å². The molecule has 1 aliphatic heterocycles. The van der Waals surface area contributed by atoms with Crippen molar-refractivity contribution in [3.05, 3.63) is 72.9 Å². The molecule has 1 heterocycles. The zero-order chi connectivity index (χ0) is 51.8. The molecule has 6 unspecified atom stereocenters. The third-order valence-corrected chi connectivity index (χ3v) is 12.2. The zero-order valence-electron chi connectivity index (χ0n) is 44.4. The number of unbranched alkanes of at least 4 members (excludes halogenated alkanes) is 20. The lowest BCUT2D eigenvalue weighted by Crippen LogP contribution is -2.61. The third-order valence-electron chi connectivity index (χ3n) is 12.2. The molecule has 71 heavy (non-hydrogen) atoms. The number of ether oxygens (including phenoxy) is 5. The van der Waals surface area contributed by atoms with Crippen molar-refractivity contribution in [1.29, 1.82) is 0 Å². The number of carbonyl (C=O) groups excluding carboxylic acids is 3. The summed E-state index contributed by atoms with van der Waals surface area (Å²) in [5.41, 5.74) is 0. The molecule has 1 rings (SSSR count). The number of hydrogen-bond donors (Lipinski definition) is 3. The van der Waals surface area contributed by atoms with Gasteiger partial charge in [0.05, 0.1) is 6.61 Å². The molecule has 0 spiro atoms. The van der Waals surface area contributed by atoms with Crippen molar-refractivity contribution in [2.75, 3.05) is 13.2 Å². The van der Waals surface area contributed by atoms with E-state index < -0.39 is 67.3 Å². The first kappa shape index (κ1) is 65.2. The molecule has 0 aromatic rings. The first-order valence-corrected chi connectivity index (χ1v) is 27.9. The molecule has 0 aromatic heterocycles. The molecule has 406 valence electrons. The predicted octanol–water partition coefficient (Wildman–Crippen LogP) is 13.8. The molecule has 1 saturated heterocycles. The molecule has 0 aromatic carbocycles. The first-order valence-electron chi connectivity index (χ1n) is 27.9. The second-order valence-corrected chi connectivity index (χ2v) is 18.8. The number of rotatable bonds is 46. The molecule has 6 atom stereocenters. The van der Waals surface area contributed by atoms with Crippen LogP contribution in [0.2, 0.25) is 0 Å². The monoisotopic (exact) mass is 999 g/mol. The van der Waals surface area contributed by atoms with Crippen LogP contribution in [0, 0.1) is 0 Å². The first-order chi connectivity index (χ1) is 34.6. The highest BCUT2D eigenvalue weighted by molar-refractivity contribution is 5.74. The molecular formula is C59H98O12. The minimum atomic E-state index is -1.92. The van der Waals surface area contributed by atoms with Gasteiger partial charge in [0.1, 0.15) is 18.8 Å². The average Bonchev–Trinajstić information content (AvgIpc) is 3.35. The van der Waals surface area contributed by atoms with Crippen LogP contribution >= 0.6 is 0 Å². The summed E-state index contributed by atoms with van der Waals surface area (Å²) in [4.78, 5) is 51.0. The lowest BCUT2D eigenvalue weighted by atomic mass is 9.98. The van der Waals surface area contributed by atoms with Crippen molar-refractivity contribution >= 4 is 23.9 Å².